The zero-order valence-corrected chi connectivity index (χ0v) is 11.5. The fourth-order valence-corrected chi connectivity index (χ4v) is 2.23. The summed E-state index contributed by atoms with van der Waals surface area (Å²) in [4.78, 5) is 1.26. The van der Waals surface area contributed by atoms with Crippen LogP contribution in [0.15, 0.2) is 27.5 Å². The SMILES string of the molecule is CN(C)C=NS(=O)(=O)c1ccc(CCC#N)c(F)c1. The lowest BCUT2D eigenvalue weighted by Gasteiger charge is -2.05. The van der Waals surface area contributed by atoms with Gasteiger partial charge >= 0.3 is 0 Å². The van der Waals surface area contributed by atoms with E-state index in [0.717, 1.165) is 12.4 Å². The highest BCUT2D eigenvalue weighted by atomic mass is 32.2. The molecule has 102 valence electrons. The topological polar surface area (TPSA) is 73.5 Å². The van der Waals surface area contributed by atoms with Crippen LogP contribution in [0, 0.1) is 17.1 Å². The molecule has 0 saturated carbocycles. The van der Waals surface area contributed by atoms with Crippen LogP contribution in [0.25, 0.3) is 0 Å². The van der Waals surface area contributed by atoms with Gasteiger partial charge in [0.1, 0.15) is 12.2 Å². The molecule has 1 aromatic rings. The second kappa shape index (κ2) is 6.29. The van der Waals surface area contributed by atoms with E-state index in [1.807, 2.05) is 6.07 Å². The maximum Gasteiger partial charge on any atom is 0.283 e. The van der Waals surface area contributed by atoms with Crippen molar-refractivity contribution in [2.75, 3.05) is 14.1 Å². The predicted octanol–water partition coefficient (Wildman–Crippen LogP) is 1.56. The number of nitriles is 1. The van der Waals surface area contributed by atoms with E-state index in [9.17, 15) is 12.8 Å². The minimum absolute atomic E-state index is 0.182. The Kier molecular flexibility index (Phi) is 5.01. The van der Waals surface area contributed by atoms with Crippen LogP contribution in [0.3, 0.4) is 0 Å². The Morgan fingerprint density at radius 1 is 1.47 bits per heavy atom. The average molecular weight is 283 g/mol. The number of hydrogen-bond donors (Lipinski definition) is 0. The van der Waals surface area contributed by atoms with E-state index in [4.69, 9.17) is 5.26 Å². The van der Waals surface area contributed by atoms with E-state index >= 15 is 0 Å². The normalized spacial score (nSPS) is 11.5. The van der Waals surface area contributed by atoms with Crippen LogP contribution >= 0.6 is 0 Å². The number of halogens is 1. The van der Waals surface area contributed by atoms with E-state index in [1.54, 1.807) is 14.1 Å². The highest BCUT2D eigenvalue weighted by molar-refractivity contribution is 7.90. The first-order chi connectivity index (χ1) is 8.86. The lowest BCUT2D eigenvalue weighted by molar-refractivity contribution is 0.586. The molecular formula is C12H14FN3O2S. The first-order valence-corrected chi connectivity index (χ1v) is 6.93. The summed E-state index contributed by atoms with van der Waals surface area (Å²) in [5.74, 6) is -0.642. The maximum atomic E-state index is 13.7. The van der Waals surface area contributed by atoms with E-state index < -0.39 is 15.8 Å². The summed E-state index contributed by atoms with van der Waals surface area (Å²) in [6.45, 7) is 0. The third-order valence-corrected chi connectivity index (χ3v) is 3.47. The Hall–Kier alpha value is -1.94. The Bertz CT molecular complexity index is 618. The third-order valence-electron chi connectivity index (χ3n) is 2.25. The van der Waals surface area contributed by atoms with Gasteiger partial charge in [-0.3, -0.25) is 0 Å². The van der Waals surface area contributed by atoms with Gasteiger partial charge in [-0.2, -0.15) is 13.7 Å². The van der Waals surface area contributed by atoms with Gasteiger partial charge in [0.25, 0.3) is 10.0 Å². The van der Waals surface area contributed by atoms with Gasteiger partial charge < -0.3 is 4.90 Å². The first kappa shape index (κ1) is 15.1. The summed E-state index contributed by atoms with van der Waals surface area (Å²) in [6, 6.07) is 5.49. The van der Waals surface area contributed by atoms with Crippen LogP contribution < -0.4 is 0 Å². The fourth-order valence-electron chi connectivity index (χ4n) is 1.30. The summed E-state index contributed by atoms with van der Waals surface area (Å²) < 4.78 is 40.6. The molecule has 0 aliphatic heterocycles. The molecule has 0 aromatic heterocycles. The molecule has 1 aromatic carbocycles. The van der Waals surface area contributed by atoms with Gasteiger partial charge in [-0.15, -0.1) is 4.40 Å². The Balaban J connectivity index is 3.04. The van der Waals surface area contributed by atoms with Gasteiger partial charge in [0.2, 0.25) is 0 Å². The van der Waals surface area contributed by atoms with Gasteiger partial charge in [0.15, 0.2) is 0 Å². The predicted molar refractivity (Wildman–Crippen MR) is 69.7 cm³/mol. The quantitative estimate of drug-likeness (QED) is 0.607. The smallest absolute Gasteiger partial charge is 0.283 e. The molecule has 0 atom stereocenters. The maximum absolute atomic E-state index is 13.7. The molecule has 5 nitrogen and oxygen atoms in total. The molecule has 0 amide bonds. The van der Waals surface area contributed by atoms with Crippen molar-refractivity contribution < 1.29 is 12.8 Å². The number of nitrogens with zero attached hydrogens (tertiary/aromatic N) is 3. The van der Waals surface area contributed by atoms with Crippen LogP contribution in [0.1, 0.15) is 12.0 Å². The fraction of sp³-hybridized carbons (Fsp3) is 0.333. The van der Waals surface area contributed by atoms with Gasteiger partial charge in [0, 0.05) is 20.5 Å². The van der Waals surface area contributed by atoms with Gasteiger partial charge in [-0.25, -0.2) is 4.39 Å². The van der Waals surface area contributed by atoms with Gasteiger partial charge in [-0.05, 0) is 24.1 Å². The molecule has 0 fully saturated rings. The monoisotopic (exact) mass is 283 g/mol. The van der Waals surface area contributed by atoms with Crippen LogP contribution in [0.2, 0.25) is 0 Å². The van der Waals surface area contributed by atoms with Crippen molar-refractivity contribution in [1.82, 2.24) is 4.90 Å². The van der Waals surface area contributed by atoms with Gasteiger partial charge in [-0.1, -0.05) is 6.07 Å². The van der Waals surface area contributed by atoms with Crippen molar-refractivity contribution in [3.05, 3.63) is 29.6 Å². The van der Waals surface area contributed by atoms with Crippen molar-refractivity contribution >= 4 is 16.4 Å². The van der Waals surface area contributed by atoms with Crippen molar-refractivity contribution in [2.24, 2.45) is 4.40 Å². The van der Waals surface area contributed by atoms with Crippen molar-refractivity contribution in [1.29, 1.82) is 5.26 Å². The first-order valence-electron chi connectivity index (χ1n) is 5.49. The van der Waals surface area contributed by atoms with Crippen molar-refractivity contribution in [3.8, 4) is 6.07 Å². The molecule has 0 heterocycles. The zero-order chi connectivity index (χ0) is 14.5. The molecule has 0 aliphatic rings. The second-order valence-electron chi connectivity index (χ2n) is 4.07. The molecule has 7 heteroatoms. The molecule has 0 saturated heterocycles. The zero-order valence-electron chi connectivity index (χ0n) is 10.7. The second-order valence-corrected chi connectivity index (χ2v) is 5.70. The van der Waals surface area contributed by atoms with E-state index in [0.29, 0.717) is 5.56 Å². The summed E-state index contributed by atoms with van der Waals surface area (Å²) >= 11 is 0. The number of hydrogen-bond acceptors (Lipinski definition) is 3. The number of aryl methyl sites for hydroxylation is 1. The van der Waals surface area contributed by atoms with E-state index in [-0.39, 0.29) is 17.7 Å². The highest BCUT2D eigenvalue weighted by Crippen LogP contribution is 2.17. The van der Waals surface area contributed by atoms with E-state index in [1.165, 1.54) is 17.0 Å². The standard InChI is InChI=1S/C12H14FN3O2S/c1-16(2)9-15-19(17,18)11-6-5-10(4-3-7-14)12(13)8-11/h5-6,8-9H,3-4H2,1-2H3. The average Bonchev–Trinajstić information content (AvgIpc) is 2.35. The lowest BCUT2D eigenvalue weighted by atomic mass is 10.1. The van der Waals surface area contributed by atoms with Crippen LogP contribution in [-0.4, -0.2) is 33.8 Å². The lowest BCUT2D eigenvalue weighted by Crippen LogP contribution is -2.10. The molecule has 19 heavy (non-hydrogen) atoms. The summed E-state index contributed by atoms with van der Waals surface area (Å²) in [7, 11) is -0.633. The number of benzene rings is 1. The Morgan fingerprint density at radius 2 is 2.16 bits per heavy atom. The number of sulfonamides is 1. The molecule has 0 spiro atoms. The van der Waals surface area contributed by atoms with Gasteiger partial charge in [0.05, 0.1) is 11.0 Å². The molecule has 0 radical (unpaired) electrons. The molecule has 0 unspecified atom stereocenters. The molecule has 0 aliphatic carbocycles. The van der Waals surface area contributed by atoms with Crippen LogP contribution in [0.5, 0.6) is 0 Å². The molecular weight excluding hydrogens is 269 g/mol. The highest BCUT2D eigenvalue weighted by Gasteiger charge is 2.14. The number of rotatable bonds is 5. The van der Waals surface area contributed by atoms with Crippen molar-refractivity contribution in [3.63, 3.8) is 0 Å². The Morgan fingerprint density at radius 3 is 2.68 bits per heavy atom. The minimum atomic E-state index is -3.89. The van der Waals surface area contributed by atoms with Crippen molar-refractivity contribution in [2.45, 2.75) is 17.7 Å². The molecule has 0 bridgehead atoms. The van der Waals surface area contributed by atoms with E-state index in [2.05, 4.69) is 4.40 Å². The minimum Gasteiger partial charge on any atom is -0.368 e. The third kappa shape index (κ3) is 4.34. The summed E-state index contributed by atoms with van der Waals surface area (Å²) in [6.07, 6.45) is 1.57. The largest absolute Gasteiger partial charge is 0.368 e. The molecule has 0 N–H and O–H groups in total. The van der Waals surface area contributed by atoms with Crippen LogP contribution in [0.4, 0.5) is 4.39 Å². The molecule has 1 rings (SSSR count). The summed E-state index contributed by atoms with van der Waals surface area (Å²) in [5.41, 5.74) is 0.317. The van der Waals surface area contributed by atoms with Crippen LogP contribution in [-0.2, 0) is 16.4 Å². The summed E-state index contributed by atoms with van der Waals surface area (Å²) in [5, 5.41) is 8.43. The Labute approximate surface area is 112 Å².